The van der Waals surface area contributed by atoms with Gasteiger partial charge in [0.2, 0.25) is 0 Å². The number of anilines is 2. The van der Waals surface area contributed by atoms with Gasteiger partial charge in [0, 0.05) is 17.1 Å². The molecule has 0 aromatic heterocycles. The molecule has 0 unspecified atom stereocenters. The Labute approximate surface area is 295 Å². The standard InChI is InChI=1S/C49H37N/c1-5-15-36(16-6-1)38-25-29-42(30-26-38)50(43-31-27-39(28-32-43)37-17-7-2-8-18-37)44-33-34-48-46(35-44)45-23-13-14-24-47(45)49(48,40-19-9-3-10-20-40)41-21-11-4-12-22-41/h1-27,29-31,33-35H,28,32H2. The van der Waals surface area contributed by atoms with Gasteiger partial charge in [-0.15, -0.1) is 0 Å². The van der Waals surface area contributed by atoms with E-state index >= 15 is 0 Å². The van der Waals surface area contributed by atoms with Gasteiger partial charge >= 0.3 is 0 Å². The van der Waals surface area contributed by atoms with Gasteiger partial charge in [-0.1, -0.05) is 170 Å². The van der Waals surface area contributed by atoms with E-state index < -0.39 is 5.41 Å². The van der Waals surface area contributed by atoms with Gasteiger partial charge in [0.15, 0.2) is 0 Å². The van der Waals surface area contributed by atoms with Crippen molar-refractivity contribution >= 4 is 16.9 Å². The van der Waals surface area contributed by atoms with Crippen LogP contribution in [0.4, 0.5) is 11.4 Å². The molecule has 0 spiro atoms. The van der Waals surface area contributed by atoms with E-state index in [0.29, 0.717) is 0 Å². The molecule has 0 bridgehead atoms. The Kier molecular flexibility index (Phi) is 7.59. The minimum atomic E-state index is -0.410. The minimum absolute atomic E-state index is 0.410. The molecule has 1 nitrogen and oxygen atoms in total. The summed E-state index contributed by atoms with van der Waals surface area (Å²) >= 11 is 0. The van der Waals surface area contributed by atoms with Crippen molar-refractivity contribution < 1.29 is 0 Å². The van der Waals surface area contributed by atoms with Crippen LogP contribution in [0.2, 0.25) is 0 Å². The van der Waals surface area contributed by atoms with Gasteiger partial charge in [-0.05, 0) is 98.8 Å². The van der Waals surface area contributed by atoms with Crippen molar-refractivity contribution in [3.63, 3.8) is 0 Å². The number of benzene rings is 7. The third-order valence-corrected chi connectivity index (χ3v) is 10.5. The average Bonchev–Trinajstić information content (AvgIpc) is 3.50. The summed E-state index contributed by atoms with van der Waals surface area (Å²) in [7, 11) is 0. The third kappa shape index (κ3) is 5.02. The first-order valence-electron chi connectivity index (χ1n) is 17.6. The fourth-order valence-electron chi connectivity index (χ4n) is 8.20. The maximum absolute atomic E-state index is 2.47. The zero-order chi connectivity index (χ0) is 33.3. The summed E-state index contributed by atoms with van der Waals surface area (Å²) < 4.78 is 0. The second-order valence-corrected chi connectivity index (χ2v) is 13.2. The van der Waals surface area contributed by atoms with Gasteiger partial charge in [0.25, 0.3) is 0 Å². The second kappa shape index (κ2) is 12.7. The van der Waals surface area contributed by atoms with Crippen molar-refractivity contribution in [2.75, 3.05) is 4.90 Å². The van der Waals surface area contributed by atoms with E-state index in [1.54, 1.807) is 0 Å². The minimum Gasteiger partial charge on any atom is -0.314 e. The summed E-state index contributed by atoms with van der Waals surface area (Å²) in [4.78, 5) is 2.47. The van der Waals surface area contributed by atoms with Gasteiger partial charge in [-0.3, -0.25) is 0 Å². The normalized spacial score (nSPS) is 14.2. The van der Waals surface area contributed by atoms with Gasteiger partial charge < -0.3 is 4.90 Å². The molecule has 0 amide bonds. The van der Waals surface area contributed by atoms with Crippen LogP contribution in [0.3, 0.4) is 0 Å². The van der Waals surface area contributed by atoms with Crippen LogP contribution in [0.25, 0.3) is 27.8 Å². The van der Waals surface area contributed by atoms with Crippen LogP contribution >= 0.6 is 0 Å². The smallest absolute Gasteiger partial charge is 0.0713 e. The molecule has 0 saturated carbocycles. The number of hydrogen-bond donors (Lipinski definition) is 0. The lowest BCUT2D eigenvalue weighted by molar-refractivity contribution is 0.768. The predicted molar refractivity (Wildman–Crippen MR) is 209 cm³/mol. The SMILES string of the molecule is C1=C(c2ccccc2)CCC(N(c2ccc(-c3ccccc3)cc2)c2ccc3c(c2)-c2ccccc2C3(c2ccccc2)c2ccccc2)=C1. The van der Waals surface area contributed by atoms with E-state index in [9.17, 15) is 0 Å². The first-order valence-corrected chi connectivity index (χ1v) is 17.6. The Balaban J connectivity index is 1.22. The first kappa shape index (κ1) is 29.9. The van der Waals surface area contributed by atoms with Crippen molar-refractivity contribution in [1.82, 2.24) is 0 Å². The van der Waals surface area contributed by atoms with E-state index in [1.165, 1.54) is 67.0 Å². The molecule has 0 saturated heterocycles. The summed E-state index contributed by atoms with van der Waals surface area (Å²) in [6, 6.07) is 68.7. The van der Waals surface area contributed by atoms with Crippen molar-refractivity contribution in [2.24, 2.45) is 0 Å². The molecule has 2 aliphatic carbocycles. The molecule has 7 aromatic rings. The number of allylic oxidation sites excluding steroid dienone is 4. The van der Waals surface area contributed by atoms with Crippen LogP contribution in [0.5, 0.6) is 0 Å². The molecule has 0 aliphatic heterocycles. The van der Waals surface area contributed by atoms with Gasteiger partial charge in [0.1, 0.15) is 0 Å². The lowest BCUT2D eigenvalue weighted by Crippen LogP contribution is -2.28. The van der Waals surface area contributed by atoms with Gasteiger partial charge in [-0.2, -0.15) is 0 Å². The summed E-state index contributed by atoms with van der Waals surface area (Å²) in [5.74, 6) is 0. The Hall–Kier alpha value is -6.18. The molecular weight excluding hydrogens is 603 g/mol. The largest absolute Gasteiger partial charge is 0.314 e. The highest BCUT2D eigenvalue weighted by Gasteiger charge is 2.46. The third-order valence-electron chi connectivity index (χ3n) is 10.5. The van der Waals surface area contributed by atoms with Crippen LogP contribution in [-0.2, 0) is 5.41 Å². The lowest BCUT2D eigenvalue weighted by atomic mass is 9.68. The van der Waals surface area contributed by atoms with E-state index in [2.05, 4.69) is 205 Å². The maximum Gasteiger partial charge on any atom is 0.0713 e. The topological polar surface area (TPSA) is 3.24 Å². The molecule has 2 aliphatic rings. The van der Waals surface area contributed by atoms with Gasteiger partial charge in [0.05, 0.1) is 5.41 Å². The fourth-order valence-corrected chi connectivity index (χ4v) is 8.20. The fraction of sp³-hybridized carbons (Fsp3) is 0.0612. The highest BCUT2D eigenvalue weighted by atomic mass is 15.1. The van der Waals surface area contributed by atoms with Crippen molar-refractivity contribution in [1.29, 1.82) is 0 Å². The van der Waals surface area contributed by atoms with E-state index in [-0.39, 0.29) is 0 Å². The van der Waals surface area contributed by atoms with Crippen LogP contribution in [0.1, 0.15) is 40.7 Å². The lowest BCUT2D eigenvalue weighted by Gasteiger charge is -2.34. The molecule has 0 heterocycles. The van der Waals surface area contributed by atoms with E-state index in [1.807, 2.05) is 0 Å². The van der Waals surface area contributed by atoms with Crippen LogP contribution in [0, 0.1) is 0 Å². The molecule has 0 fully saturated rings. The van der Waals surface area contributed by atoms with Crippen LogP contribution in [-0.4, -0.2) is 0 Å². The van der Waals surface area contributed by atoms with Crippen molar-refractivity contribution in [3.05, 3.63) is 234 Å². The zero-order valence-corrected chi connectivity index (χ0v) is 27.9. The molecule has 0 N–H and O–H groups in total. The quantitative estimate of drug-likeness (QED) is 0.168. The Morgan fingerprint density at radius 2 is 0.900 bits per heavy atom. The zero-order valence-electron chi connectivity index (χ0n) is 27.9. The molecule has 1 heteroatoms. The van der Waals surface area contributed by atoms with Crippen LogP contribution in [0.15, 0.2) is 206 Å². The predicted octanol–water partition coefficient (Wildman–Crippen LogP) is 12.6. The summed E-state index contributed by atoms with van der Waals surface area (Å²) in [6.45, 7) is 0. The average molecular weight is 640 g/mol. The first-order chi connectivity index (χ1) is 24.8. The monoisotopic (exact) mass is 639 g/mol. The second-order valence-electron chi connectivity index (χ2n) is 13.2. The highest BCUT2D eigenvalue weighted by Crippen LogP contribution is 2.57. The summed E-state index contributed by atoms with van der Waals surface area (Å²) in [5, 5.41) is 0. The Bertz CT molecular complexity index is 2300. The Morgan fingerprint density at radius 1 is 0.380 bits per heavy atom. The van der Waals surface area contributed by atoms with Crippen molar-refractivity contribution in [3.8, 4) is 22.3 Å². The van der Waals surface area contributed by atoms with Crippen molar-refractivity contribution in [2.45, 2.75) is 18.3 Å². The van der Waals surface area contributed by atoms with E-state index in [0.717, 1.165) is 18.5 Å². The van der Waals surface area contributed by atoms with Gasteiger partial charge in [-0.25, -0.2) is 0 Å². The molecular formula is C49H37N. The molecule has 0 radical (unpaired) electrons. The molecule has 9 rings (SSSR count). The molecule has 50 heavy (non-hydrogen) atoms. The molecule has 0 atom stereocenters. The number of hydrogen-bond acceptors (Lipinski definition) is 1. The number of fused-ring (bicyclic) bond motifs is 3. The van der Waals surface area contributed by atoms with E-state index in [4.69, 9.17) is 0 Å². The van der Waals surface area contributed by atoms with Crippen LogP contribution < -0.4 is 4.90 Å². The summed E-state index contributed by atoms with van der Waals surface area (Å²) in [5.41, 5.74) is 16.1. The molecule has 238 valence electrons. The Morgan fingerprint density at radius 3 is 1.52 bits per heavy atom. The number of rotatable bonds is 7. The number of nitrogens with zero attached hydrogens (tertiary/aromatic N) is 1. The highest BCUT2D eigenvalue weighted by molar-refractivity contribution is 5.89. The molecule has 7 aromatic carbocycles. The summed E-state index contributed by atoms with van der Waals surface area (Å²) in [6.07, 6.45) is 6.59. The maximum atomic E-state index is 2.47.